The van der Waals surface area contributed by atoms with Crippen LogP contribution in [0, 0.1) is 12.8 Å². The first-order chi connectivity index (χ1) is 15.8. The van der Waals surface area contributed by atoms with E-state index in [1.165, 1.54) is 10.9 Å². The van der Waals surface area contributed by atoms with Gasteiger partial charge >= 0.3 is 6.18 Å². The normalized spacial score (nSPS) is 17.2. The van der Waals surface area contributed by atoms with E-state index in [-0.39, 0.29) is 17.5 Å². The number of halogens is 3. The van der Waals surface area contributed by atoms with Crippen LogP contribution in [0.5, 0.6) is 0 Å². The fraction of sp³-hybridized carbons (Fsp3) is 0.400. The van der Waals surface area contributed by atoms with Crippen LogP contribution >= 0.6 is 0 Å². The van der Waals surface area contributed by atoms with Gasteiger partial charge in [0.1, 0.15) is 0 Å². The molecule has 1 aromatic carbocycles. The lowest BCUT2D eigenvalue weighted by Gasteiger charge is -2.36. The summed E-state index contributed by atoms with van der Waals surface area (Å²) in [4.78, 5) is 20.1. The van der Waals surface area contributed by atoms with Gasteiger partial charge in [-0.1, -0.05) is 12.1 Å². The van der Waals surface area contributed by atoms with Crippen LogP contribution in [0.25, 0.3) is 11.1 Å². The van der Waals surface area contributed by atoms with Gasteiger partial charge in [0, 0.05) is 36.6 Å². The van der Waals surface area contributed by atoms with E-state index in [1.54, 1.807) is 31.3 Å². The van der Waals surface area contributed by atoms with Crippen LogP contribution in [0.2, 0.25) is 0 Å². The van der Waals surface area contributed by atoms with Crippen molar-refractivity contribution in [1.29, 1.82) is 0 Å². The molecule has 1 aliphatic heterocycles. The highest BCUT2D eigenvalue weighted by molar-refractivity contribution is 5.99. The number of aromatic nitrogens is 3. The molecule has 2 aliphatic rings. The number of rotatable bonds is 5. The van der Waals surface area contributed by atoms with E-state index in [4.69, 9.17) is 0 Å². The Morgan fingerprint density at radius 2 is 1.91 bits per heavy atom. The zero-order valence-corrected chi connectivity index (χ0v) is 18.6. The van der Waals surface area contributed by atoms with Crippen LogP contribution in [-0.2, 0) is 19.1 Å². The van der Waals surface area contributed by atoms with Crippen molar-refractivity contribution in [1.82, 2.24) is 19.7 Å². The molecule has 1 fully saturated rings. The number of hydrogen-bond donors (Lipinski definition) is 0. The maximum absolute atomic E-state index is 13.7. The SMILES string of the molecule is CCn1cc(-c2cccc3c2CCN(C(c2cc(C)ccn2)C2CC2)C3=O)c(C(F)(F)F)n1. The highest BCUT2D eigenvalue weighted by atomic mass is 19.4. The number of alkyl halides is 3. The first kappa shape index (κ1) is 21.7. The molecule has 0 spiro atoms. The van der Waals surface area contributed by atoms with Crippen molar-refractivity contribution < 1.29 is 18.0 Å². The van der Waals surface area contributed by atoms with Crippen LogP contribution in [0.3, 0.4) is 0 Å². The molecule has 0 radical (unpaired) electrons. The van der Waals surface area contributed by atoms with Crippen molar-refractivity contribution in [3.63, 3.8) is 0 Å². The predicted molar refractivity (Wildman–Crippen MR) is 118 cm³/mol. The lowest BCUT2D eigenvalue weighted by molar-refractivity contribution is -0.141. The number of hydrogen-bond acceptors (Lipinski definition) is 3. The van der Waals surface area contributed by atoms with Gasteiger partial charge in [-0.3, -0.25) is 14.5 Å². The Morgan fingerprint density at radius 1 is 1.15 bits per heavy atom. The van der Waals surface area contributed by atoms with E-state index in [9.17, 15) is 18.0 Å². The van der Waals surface area contributed by atoms with Crippen molar-refractivity contribution in [2.75, 3.05) is 6.54 Å². The third-order valence-electron chi connectivity index (χ3n) is 6.56. The molecule has 1 atom stereocenters. The van der Waals surface area contributed by atoms with Crippen molar-refractivity contribution in [2.24, 2.45) is 5.92 Å². The van der Waals surface area contributed by atoms with Crippen molar-refractivity contribution in [2.45, 2.75) is 51.9 Å². The van der Waals surface area contributed by atoms with Crippen molar-refractivity contribution >= 4 is 5.91 Å². The molecule has 2 aromatic heterocycles. The van der Waals surface area contributed by atoms with Gasteiger partial charge in [0.2, 0.25) is 0 Å². The van der Waals surface area contributed by atoms with Crippen LogP contribution in [0.1, 0.15) is 58.7 Å². The molecule has 8 heteroatoms. The van der Waals surface area contributed by atoms with E-state index in [1.807, 2.05) is 24.0 Å². The second-order valence-corrected chi connectivity index (χ2v) is 8.87. The number of carbonyl (C=O) groups excluding carboxylic acids is 1. The van der Waals surface area contributed by atoms with E-state index in [2.05, 4.69) is 10.1 Å². The molecule has 1 saturated carbocycles. The Labute approximate surface area is 190 Å². The zero-order chi connectivity index (χ0) is 23.3. The van der Waals surface area contributed by atoms with E-state index >= 15 is 0 Å². The average molecular weight is 454 g/mol. The second-order valence-electron chi connectivity index (χ2n) is 8.87. The van der Waals surface area contributed by atoms with Crippen molar-refractivity contribution in [3.05, 3.63) is 70.8 Å². The van der Waals surface area contributed by atoms with Crippen LogP contribution in [-0.4, -0.2) is 32.1 Å². The fourth-order valence-electron chi connectivity index (χ4n) is 4.84. The summed E-state index contributed by atoms with van der Waals surface area (Å²) in [5.74, 6) is 0.224. The summed E-state index contributed by atoms with van der Waals surface area (Å²) in [7, 11) is 0. The summed E-state index contributed by atoms with van der Waals surface area (Å²) in [5.41, 5.74) is 2.65. The van der Waals surface area contributed by atoms with Crippen LogP contribution < -0.4 is 0 Å². The lowest BCUT2D eigenvalue weighted by Crippen LogP contribution is -2.41. The molecule has 0 bridgehead atoms. The molecule has 33 heavy (non-hydrogen) atoms. The van der Waals surface area contributed by atoms with Crippen LogP contribution in [0.4, 0.5) is 13.2 Å². The quantitative estimate of drug-likeness (QED) is 0.516. The molecule has 1 aliphatic carbocycles. The Hall–Kier alpha value is -3.16. The molecular weight excluding hydrogens is 429 g/mol. The van der Waals surface area contributed by atoms with Gasteiger partial charge in [0.15, 0.2) is 5.69 Å². The summed E-state index contributed by atoms with van der Waals surface area (Å²) in [6, 6.07) is 8.89. The maximum atomic E-state index is 13.7. The topological polar surface area (TPSA) is 51.0 Å². The molecular formula is C25H25F3N4O. The van der Waals surface area contributed by atoms with Gasteiger partial charge in [-0.25, -0.2) is 0 Å². The van der Waals surface area contributed by atoms with E-state index < -0.39 is 11.9 Å². The molecule has 1 unspecified atom stereocenters. The maximum Gasteiger partial charge on any atom is 0.435 e. The van der Waals surface area contributed by atoms with E-state index in [0.717, 1.165) is 24.1 Å². The number of aryl methyl sites for hydroxylation is 2. The minimum absolute atomic E-state index is 0.0292. The van der Waals surface area contributed by atoms with Gasteiger partial charge in [0.25, 0.3) is 5.91 Å². The molecule has 5 nitrogen and oxygen atoms in total. The van der Waals surface area contributed by atoms with Crippen LogP contribution in [0.15, 0.2) is 42.7 Å². The predicted octanol–water partition coefficient (Wildman–Crippen LogP) is 5.44. The second kappa shape index (κ2) is 8.01. The van der Waals surface area contributed by atoms with Gasteiger partial charge in [-0.05, 0) is 73.9 Å². The Morgan fingerprint density at radius 3 is 2.58 bits per heavy atom. The largest absolute Gasteiger partial charge is 0.435 e. The zero-order valence-electron chi connectivity index (χ0n) is 18.6. The number of amides is 1. The molecule has 5 rings (SSSR count). The Balaban J connectivity index is 1.56. The van der Waals surface area contributed by atoms with Crippen molar-refractivity contribution in [3.8, 4) is 11.1 Å². The smallest absolute Gasteiger partial charge is 0.329 e. The van der Waals surface area contributed by atoms with Gasteiger partial charge < -0.3 is 4.90 Å². The van der Waals surface area contributed by atoms with Gasteiger partial charge in [-0.15, -0.1) is 0 Å². The number of carbonyl (C=O) groups is 1. The number of nitrogens with zero attached hydrogens (tertiary/aromatic N) is 4. The highest BCUT2D eigenvalue weighted by Crippen LogP contribution is 2.46. The summed E-state index contributed by atoms with van der Waals surface area (Å²) >= 11 is 0. The monoisotopic (exact) mass is 454 g/mol. The third kappa shape index (κ3) is 3.92. The number of fused-ring (bicyclic) bond motifs is 1. The molecule has 1 amide bonds. The molecule has 3 aromatic rings. The fourth-order valence-corrected chi connectivity index (χ4v) is 4.84. The van der Waals surface area contributed by atoms with Gasteiger partial charge in [0.05, 0.1) is 11.7 Å². The number of benzene rings is 1. The highest BCUT2D eigenvalue weighted by Gasteiger charge is 2.42. The molecule has 0 saturated heterocycles. The first-order valence-corrected chi connectivity index (χ1v) is 11.3. The standard InChI is InChI=1S/C25H25F3N4O/c1-3-31-14-20(23(30-31)25(26,27)28)17-5-4-6-19-18(17)10-12-32(24(19)33)22(16-7-8-16)21-13-15(2)9-11-29-21/h4-6,9,11,13-14,16,22H,3,7-8,10,12H2,1-2H3. The third-order valence-corrected chi connectivity index (χ3v) is 6.56. The summed E-state index contributed by atoms with van der Waals surface area (Å²) in [5, 5.41) is 3.75. The minimum atomic E-state index is -4.57. The van der Waals surface area contributed by atoms with E-state index in [0.29, 0.717) is 42.1 Å². The average Bonchev–Trinajstić information content (AvgIpc) is 3.51. The summed E-state index contributed by atoms with van der Waals surface area (Å²) in [6.45, 7) is 4.53. The summed E-state index contributed by atoms with van der Waals surface area (Å²) in [6.07, 6.45) is 1.20. The van der Waals surface area contributed by atoms with Gasteiger partial charge in [-0.2, -0.15) is 18.3 Å². The first-order valence-electron chi connectivity index (χ1n) is 11.3. The minimum Gasteiger partial charge on any atom is -0.329 e. The Bertz CT molecular complexity index is 1210. The number of pyridine rings is 1. The summed E-state index contributed by atoms with van der Waals surface area (Å²) < 4.78 is 42.4. The molecule has 0 N–H and O–H groups in total. The molecule has 3 heterocycles. The Kier molecular flexibility index (Phi) is 5.26. The molecule has 172 valence electrons. The lowest BCUT2D eigenvalue weighted by atomic mass is 9.89.